The second-order valence-electron chi connectivity index (χ2n) is 5.88. The van der Waals surface area contributed by atoms with Crippen LogP contribution in [0.15, 0.2) is 30.3 Å². The minimum atomic E-state index is -0.106. The van der Waals surface area contributed by atoms with Crippen LogP contribution in [-0.2, 0) is 11.3 Å². The first-order valence-corrected chi connectivity index (χ1v) is 7.34. The minimum absolute atomic E-state index is 0.106. The topological polar surface area (TPSA) is 32.3 Å². The normalized spacial score (nSPS) is 27.8. The first-order valence-electron chi connectivity index (χ1n) is 7.34. The van der Waals surface area contributed by atoms with Gasteiger partial charge in [-0.15, -0.1) is 0 Å². The van der Waals surface area contributed by atoms with E-state index in [0.717, 1.165) is 51.9 Å². The summed E-state index contributed by atoms with van der Waals surface area (Å²) in [5.74, 6) is 0.370. The number of likely N-dealkylation sites (tertiary alicyclic amines) is 1. The van der Waals surface area contributed by atoms with E-state index in [2.05, 4.69) is 22.3 Å². The maximum absolute atomic E-state index is 12.8. The number of carbonyl (C=O) groups is 1. The molecule has 2 fully saturated rings. The van der Waals surface area contributed by atoms with Gasteiger partial charge in [-0.25, -0.2) is 0 Å². The average molecular weight is 258 g/mol. The molecule has 1 amide bonds. The van der Waals surface area contributed by atoms with E-state index >= 15 is 0 Å². The molecule has 1 aromatic carbocycles. The van der Waals surface area contributed by atoms with E-state index < -0.39 is 0 Å². The molecule has 1 aromatic rings. The molecule has 19 heavy (non-hydrogen) atoms. The predicted octanol–water partition coefficient (Wildman–Crippen LogP) is 2.18. The van der Waals surface area contributed by atoms with Crippen LogP contribution < -0.4 is 5.32 Å². The lowest BCUT2D eigenvalue weighted by molar-refractivity contribution is -0.148. The molecule has 2 heterocycles. The van der Waals surface area contributed by atoms with Crippen molar-refractivity contribution in [2.24, 2.45) is 5.41 Å². The fourth-order valence-corrected chi connectivity index (χ4v) is 3.47. The van der Waals surface area contributed by atoms with Gasteiger partial charge in [0.05, 0.1) is 5.41 Å². The van der Waals surface area contributed by atoms with Crippen LogP contribution in [-0.4, -0.2) is 30.4 Å². The van der Waals surface area contributed by atoms with E-state index in [4.69, 9.17) is 0 Å². The van der Waals surface area contributed by atoms with Crippen LogP contribution in [0.4, 0.5) is 0 Å². The van der Waals surface area contributed by atoms with E-state index in [1.807, 2.05) is 18.2 Å². The molecule has 1 spiro atoms. The summed E-state index contributed by atoms with van der Waals surface area (Å²) < 4.78 is 0. The highest BCUT2D eigenvalue weighted by Gasteiger charge is 2.44. The third-order valence-electron chi connectivity index (χ3n) is 4.51. The number of nitrogens with zero attached hydrogens (tertiary/aromatic N) is 1. The van der Waals surface area contributed by atoms with Crippen LogP contribution in [0.25, 0.3) is 0 Å². The Labute approximate surface area is 115 Å². The van der Waals surface area contributed by atoms with Gasteiger partial charge in [-0.05, 0) is 37.8 Å². The Morgan fingerprint density at radius 1 is 1.16 bits per heavy atom. The van der Waals surface area contributed by atoms with Crippen molar-refractivity contribution < 1.29 is 4.79 Å². The molecule has 0 aliphatic carbocycles. The molecule has 0 saturated carbocycles. The van der Waals surface area contributed by atoms with E-state index in [1.54, 1.807) is 0 Å². The third-order valence-corrected chi connectivity index (χ3v) is 4.51. The van der Waals surface area contributed by atoms with E-state index in [9.17, 15) is 4.79 Å². The summed E-state index contributed by atoms with van der Waals surface area (Å²) in [5.41, 5.74) is 1.13. The van der Waals surface area contributed by atoms with Crippen LogP contribution in [0, 0.1) is 5.41 Å². The monoisotopic (exact) mass is 258 g/mol. The van der Waals surface area contributed by atoms with Gasteiger partial charge in [0.1, 0.15) is 0 Å². The lowest BCUT2D eigenvalue weighted by Gasteiger charge is -2.44. The Kier molecular flexibility index (Phi) is 3.56. The number of piperidine rings is 2. The molecular weight excluding hydrogens is 236 g/mol. The van der Waals surface area contributed by atoms with E-state index in [-0.39, 0.29) is 5.41 Å². The SMILES string of the molecule is O=C1N(Cc2ccccc2)CCCC12CCCNC2. The molecule has 102 valence electrons. The van der Waals surface area contributed by atoms with Gasteiger partial charge in [0.25, 0.3) is 0 Å². The fourth-order valence-electron chi connectivity index (χ4n) is 3.47. The molecule has 1 N–H and O–H groups in total. The standard InChI is InChI=1S/C16H22N2O/c19-15-16(8-4-10-17-13-16)9-5-11-18(15)12-14-6-2-1-3-7-14/h1-3,6-7,17H,4-5,8-13H2. The first-order chi connectivity index (χ1) is 9.30. The highest BCUT2D eigenvalue weighted by Crippen LogP contribution is 2.37. The number of hydrogen-bond donors (Lipinski definition) is 1. The number of rotatable bonds is 2. The average Bonchev–Trinajstić information content (AvgIpc) is 2.46. The Balaban J connectivity index is 1.74. The Morgan fingerprint density at radius 2 is 1.95 bits per heavy atom. The minimum Gasteiger partial charge on any atom is -0.338 e. The summed E-state index contributed by atoms with van der Waals surface area (Å²) in [6.45, 7) is 3.61. The molecule has 3 nitrogen and oxygen atoms in total. The van der Waals surface area contributed by atoms with Crippen molar-refractivity contribution in [3.8, 4) is 0 Å². The molecule has 3 heteroatoms. The van der Waals surface area contributed by atoms with Crippen molar-refractivity contribution >= 4 is 5.91 Å². The molecular formula is C16H22N2O. The van der Waals surface area contributed by atoms with Crippen LogP contribution in [0.1, 0.15) is 31.2 Å². The van der Waals surface area contributed by atoms with Crippen molar-refractivity contribution in [3.63, 3.8) is 0 Å². The second-order valence-corrected chi connectivity index (χ2v) is 5.88. The quantitative estimate of drug-likeness (QED) is 0.882. The van der Waals surface area contributed by atoms with Crippen molar-refractivity contribution in [2.75, 3.05) is 19.6 Å². The maximum Gasteiger partial charge on any atom is 0.230 e. The fraction of sp³-hybridized carbons (Fsp3) is 0.562. The first kappa shape index (κ1) is 12.7. The zero-order chi connectivity index (χ0) is 13.1. The van der Waals surface area contributed by atoms with Gasteiger partial charge in [0.15, 0.2) is 0 Å². The molecule has 2 saturated heterocycles. The summed E-state index contributed by atoms with van der Waals surface area (Å²) in [6, 6.07) is 10.3. The molecule has 3 rings (SSSR count). The molecule has 1 atom stereocenters. The maximum atomic E-state index is 12.8. The van der Waals surface area contributed by atoms with Gasteiger partial charge in [-0.1, -0.05) is 30.3 Å². The van der Waals surface area contributed by atoms with Gasteiger partial charge in [0.2, 0.25) is 5.91 Å². The molecule has 2 aliphatic rings. The summed E-state index contributed by atoms with van der Waals surface area (Å²) in [6.07, 6.45) is 4.39. The Bertz CT molecular complexity index is 432. The number of benzene rings is 1. The number of amides is 1. The molecule has 2 aliphatic heterocycles. The highest BCUT2D eigenvalue weighted by atomic mass is 16.2. The molecule has 0 aromatic heterocycles. The summed E-state index contributed by atoms with van der Waals surface area (Å²) in [4.78, 5) is 14.9. The van der Waals surface area contributed by atoms with E-state index in [0.29, 0.717) is 5.91 Å². The number of carbonyl (C=O) groups excluding carboxylic acids is 1. The van der Waals surface area contributed by atoms with E-state index in [1.165, 1.54) is 5.56 Å². The van der Waals surface area contributed by atoms with Gasteiger partial charge in [-0.2, -0.15) is 0 Å². The van der Waals surface area contributed by atoms with Crippen molar-refractivity contribution in [3.05, 3.63) is 35.9 Å². The predicted molar refractivity (Wildman–Crippen MR) is 75.6 cm³/mol. The van der Waals surface area contributed by atoms with Gasteiger partial charge in [-0.3, -0.25) is 4.79 Å². The van der Waals surface area contributed by atoms with Crippen LogP contribution >= 0.6 is 0 Å². The van der Waals surface area contributed by atoms with Crippen molar-refractivity contribution in [1.29, 1.82) is 0 Å². The van der Waals surface area contributed by atoms with Gasteiger partial charge < -0.3 is 10.2 Å². The lowest BCUT2D eigenvalue weighted by Crippen LogP contribution is -2.54. The summed E-state index contributed by atoms with van der Waals surface area (Å²) >= 11 is 0. The summed E-state index contributed by atoms with van der Waals surface area (Å²) in [5, 5.41) is 3.41. The Hall–Kier alpha value is -1.35. The Morgan fingerprint density at radius 3 is 2.68 bits per heavy atom. The van der Waals surface area contributed by atoms with Crippen LogP contribution in [0.3, 0.4) is 0 Å². The largest absolute Gasteiger partial charge is 0.338 e. The smallest absolute Gasteiger partial charge is 0.230 e. The van der Waals surface area contributed by atoms with Crippen molar-refractivity contribution in [2.45, 2.75) is 32.2 Å². The zero-order valence-electron chi connectivity index (χ0n) is 11.4. The lowest BCUT2D eigenvalue weighted by atomic mass is 9.73. The van der Waals surface area contributed by atoms with Crippen LogP contribution in [0.5, 0.6) is 0 Å². The zero-order valence-corrected chi connectivity index (χ0v) is 11.4. The molecule has 0 radical (unpaired) electrons. The van der Waals surface area contributed by atoms with Gasteiger partial charge in [0, 0.05) is 19.6 Å². The summed E-state index contributed by atoms with van der Waals surface area (Å²) in [7, 11) is 0. The van der Waals surface area contributed by atoms with Gasteiger partial charge >= 0.3 is 0 Å². The molecule has 0 bridgehead atoms. The van der Waals surface area contributed by atoms with Crippen LogP contribution in [0.2, 0.25) is 0 Å². The van der Waals surface area contributed by atoms with Crippen molar-refractivity contribution in [1.82, 2.24) is 10.2 Å². The number of hydrogen-bond acceptors (Lipinski definition) is 2. The highest BCUT2D eigenvalue weighted by molar-refractivity contribution is 5.84. The third kappa shape index (κ3) is 2.52. The molecule has 1 unspecified atom stereocenters. The second kappa shape index (κ2) is 5.33. The number of nitrogens with one attached hydrogen (secondary N) is 1.